The first-order valence-electron chi connectivity index (χ1n) is 9.77. The van der Waals surface area contributed by atoms with E-state index < -0.39 is 0 Å². The van der Waals surface area contributed by atoms with E-state index in [0.717, 1.165) is 53.4 Å². The number of fused-ring (bicyclic) bond motifs is 1. The van der Waals surface area contributed by atoms with Crippen LogP contribution in [0, 0.1) is 6.92 Å². The molecule has 0 aliphatic heterocycles. The van der Waals surface area contributed by atoms with Crippen LogP contribution in [0.1, 0.15) is 41.6 Å². The summed E-state index contributed by atoms with van der Waals surface area (Å²) >= 11 is 6.08. The molecular formula is C23H24ClN3O. The summed E-state index contributed by atoms with van der Waals surface area (Å²) in [7, 11) is 0. The van der Waals surface area contributed by atoms with Crippen molar-refractivity contribution in [3.8, 4) is 0 Å². The van der Waals surface area contributed by atoms with E-state index in [9.17, 15) is 4.79 Å². The van der Waals surface area contributed by atoms with Crippen LogP contribution in [0.3, 0.4) is 0 Å². The Hall–Kier alpha value is -2.59. The molecule has 0 bridgehead atoms. The lowest BCUT2D eigenvalue weighted by molar-refractivity contribution is 0.0926. The zero-order valence-corrected chi connectivity index (χ0v) is 16.7. The Morgan fingerprint density at radius 2 is 1.82 bits per heavy atom. The predicted octanol–water partition coefficient (Wildman–Crippen LogP) is 5.35. The molecule has 1 saturated carbocycles. The van der Waals surface area contributed by atoms with E-state index >= 15 is 0 Å². The normalized spacial score (nSPS) is 19.4. The molecule has 1 aliphatic carbocycles. The fourth-order valence-corrected chi connectivity index (χ4v) is 4.07. The second-order valence-corrected chi connectivity index (χ2v) is 7.99. The van der Waals surface area contributed by atoms with Gasteiger partial charge in [-0.3, -0.25) is 9.78 Å². The molecule has 0 unspecified atom stereocenters. The number of carbonyl (C=O) groups is 1. The number of aromatic nitrogens is 1. The van der Waals surface area contributed by atoms with Gasteiger partial charge >= 0.3 is 0 Å². The van der Waals surface area contributed by atoms with Crippen molar-refractivity contribution in [1.29, 1.82) is 0 Å². The average Bonchev–Trinajstić information content (AvgIpc) is 2.69. The highest BCUT2D eigenvalue weighted by Gasteiger charge is 2.23. The van der Waals surface area contributed by atoms with E-state index in [1.807, 2.05) is 61.7 Å². The summed E-state index contributed by atoms with van der Waals surface area (Å²) in [6.45, 7) is 2.00. The maximum Gasteiger partial charge on any atom is 0.251 e. The number of nitrogens with zero attached hydrogens (tertiary/aromatic N) is 1. The number of hydrogen-bond donors (Lipinski definition) is 2. The van der Waals surface area contributed by atoms with Crippen molar-refractivity contribution in [1.82, 2.24) is 10.3 Å². The molecule has 0 spiro atoms. The molecule has 1 aromatic heterocycles. The average molecular weight is 394 g/mol. The lowest BCUT2D eigenvalue weighted by Gasteiger charge is -2.30. The molecule has 1 amide bonds. The van der Waals surface area contributed by atoms with Crippen molar-refractivity contribution >= 4 is 34.1 Å². The zero-order valence-electron chi connectivity index (χ0n) is 15.9. The number of amides is 1. The number of hydrogen-bond acceptors (Lipinski definition) is 3. The summed E-state index contributed by atoms with van der Waals surface area (Å²) in [5, 5.41) is 8.63. The third-order valence-electron chi connectivity index (χ3n) is 5.41. The molecule has 28 heavy (non-hydrogen) atoms. The van der Waals surface area contributed by atoms with Crippen LogP contribution in [0.25, 0.3) is 10.9 Å². The van der Waals surface area contributed by atoms with Crippen LogP contribution in [0.5, 0.6) is 0 Å². The van der Waals surface area contributed by atoms with Crippen LogP contribution in [-0.2, 0) is 0 Å². The van der Waals surface area contributed by atoms with Crippen molar-refractivity contribution in [2.45, 2.75) is 44.7 Å². The summed E-state index contributed by atoms with van der Waals surface area (Å²) in [6, 6.07) is 16.2. The van der Waals surface area contributed by atoms with E-state index in [1.54, 1.807) is 0 Å². The van der Waals surface area contributed by atoms with Crippen molar-refractivity contribution in [3.63, 3.8) is 0 Å². The molecule has 4 nitrogen and oxygen atoms in total. The number of pyridine rings is 1. The quantitative estimate of drug-likeness (QED) is 0.628. The van der Waals surface area contributed by atoms with Crippen LogP contribution >= 0.6 is 11.6 Å². The van der Waals surface area contributed by atoms with Crippen molar-refractivity contribution < 1.29 is 4.79 Å². The fourth-order valence-electron chi connectivity index (χ4n) is 3.90. The van der Waals surface area contributed by atoms with Crippen molar-refractivity contribution in [2.24, 2.45) is 0 Å². The second-order valence-electron chi connectivity index (χ2n) is 7.56. The standard InChI is InChI=1S/C23H24ClN3O/c1-15-3-2-4-16(13-15)23(28)27-19-8-6-18(7-9-19)26-21-11-12-25-22-14-17(24)5-10-20(21)22/h2-5,10-14,18-19H,6-9H2,1H3,(H,25,26)(H,27,28)/t18-,19+. The van der Waals surface area contributed by atoms with Gasteiger partial charge in [-0.05, 0) is 69.0 Å². The molecule has 1 heterocycles. The van der Waals surface area contributed by atoms with Crippen LogP contribution in [0.2, 0.25) is 5.02 Å². The number of anilines is 1. The van der Waals surface area contributed by atoms with Crippen LogP contribution in [-0.4, -0.2) is 23.0 Å². The molecule has 0 saturated heterocycles. The van der Waals surface area contributed by atoms with E-state index in [2.05, 4.69) is 15.6 Å². The number of rotatable bonds is 4. The van der Waals surface area contributed by atoms with E-state index in [4.69, 9.17) is 11.6 Å². The maximum atomic E-state index is 12.5. The molecule has 1 fully saturated rings. The van der Waals surface area contributed by atoms with Gasteiger partial charge in [0.05, 0.1) is 5.52 Å². The Bertz CT molecular complexity index is 996. The first kappa shape index (κ1) is 18.8. The summed E-state index contributed by atoms with van der Waals surface area (Å²) < 4.78 is 0. The van der Waals surface area contributed by atoms with Gasteiger partial charge in [0.25, 0.3) is 5.91 Å². The zero-order chi connectivity index (χ0) is 19.5. The fraction of sp³-hybridized carbons (Fsp3) is 0.304. The second kappa shape index (κ2) is 8.19. The summed E-state index contributed by atoms with van der Waals surface area (Å²) in [6.07, 6.45) is 5.81. The Kier molecular flexibility index (Phi) is 5.49. The SMILES string of the molecule is Cc1cccc(C(=O)N[C@H]2CC[C@@H](Nc3ccnc4cc(Cl)ccc34)CC2)c1. The van der Waals surface area contributed by atoms with E-state index in [-0.39, 0.29) is 11.9 Å². The highest BCUT2D eigenvalue weighted by Crippen LogP contribution is 2.28. The number of nitrogens with one attached hydrogen (secondary N) is 2. The Labute approximate surface area is 170 Å². The summed E-state index contributed by atoms with van der Waals surface area (Å²) in [5.41, 5.74) is 3.83. The minimum Gasteiger partial charge on any atom is -0.382 e. The molecule has 2 N–H and O–H groups in total. The van der Waals surface area contributed by atoms with Gasteiger partial charge < -0.3 is 10.6 Å². The highest BCUT2D eigenvalue weighted by molar-refractivity contribution is 6.31. The molecule has 2 aromatic carbocycles. The van der Waals surface area contributed by atoms with Crippen LogP contribution in [0.15, 0.2) is 54.7 Å². The predicted molar refractivity (Wildman–Crippen MR) is 115 cm³/mol. The highest BCUT2D eigenvalue weighted by atomic mass is 35.5. The number of carbonyl (C=O) groups excluding carboxylic acids is 1. The lowest BCUT2D eigenvalue weighted by atomic mass is 9.90. The number of benzene rings is 2. The molecule has 5 heteroatoms. The Balaban J connectivity index is 1.35. The van der Waals surface area contributed by atoms with Crippen LogP contribution in [0.4, 0.5) is 5.69 Å². The molecule has 144 valence electrons. The van der Waals surface area contributed by atoms with E-state index in [0.29, 0.717) is 11.1 Å². The molecular weight excluding hydrogens is 370 g/mol. The third kappa shape index (κ3) is 4.28. The largest absolute Gasteiger partial charge is 0.382 e. The number of halogens is 1. The first-order valence-corrected chi connectivity index (χ1v) is 10.1. The smallest absolute Gasteiger partial charge is 0.251 e. The topological polar surface area (TPSA) is 54.0 Å². The van der Waals surface area contributed by atoms with Crippen LogP contribution < -0.4 is 10.6 Å². The van der Waals surface area contributed by atoms with Gasteiger partial charge in [-0.25, -0.2) is 0 Å². The van der Waals surface area contributed by atoms with E-state index in [1.165, 1.54) is 0 Å². The van der Waals surface area contributed by atoms with Gasteiger partial charge in [-0.15, -0.1) is 0 Å². The van der Waals surface area contributed by atoms with Gasteiger partial charge in [0, 0.05) is 39.9 Å². The maximum absolute atomic E-state index is 12.5. The third-order valence-corrected chi connectivity index (χ3v) is 5.64. The Morgan fingerprint density at radius 1 is 1.04 bits per heavy atom. The number of aryl methyl sites for hydroxylation is 1. The van der Waals surface area contributed by atoms with Gasteiger partial charge in [-0.1, -0.05) is 29.3 Å². The molecule has 0 atom stereocenters. The first-order chi connectivity index (χ1) is 13.6. The van der Waals surface area contributed by atoms with Gasteiger partial charge in [0.15, 0.2) is 0 Å². The molecule has 0 radical (unpaired) electrons. The molecule has 3 aromatic rings. The minimum absolute atomic E-state index is 0.0251. The Morgan fingerprint density at radius 3 is 2.61 bits per heavy atom. The van der Waals surface area contributed by atoms with Crippen molar-refractivity contribution in [3.05, 3.63) is 70.9 Å². The van der Waals surface area contributed by atoms with Gasteiger partial charge in [0.1, 0.15) is 0 Å². The summed E-state index contributed by atoms with van der Waals surface area (Å²) in [4.78, 5) is 16.9. The molecule has 4 rings (SSSR count). The monoisotopic (exact) mass is 393 g/mol. The summed E-state index contributed by atoms with van der Waals surface area (Å²) in [5.74, 6) is 0.0251. The molecule has 1 aliphatic rings. The lowest BCUT2D eigenvalue weighted by Crippen LogP contribution is -2.40. The van der Waals surface area contributed by atoms with Gasteiger partial charge in [0.2, 0.25) is 0 Å². The minimum atomic E-state index is 0.0251. The van der Waals surface area contributed by atoms with Gasteiger partial charge in [-0.2, -0.15) is 0 Å². The van der Waals surface area contributed by atoms with Crippen molar-refractivity contribution in [2.75, 3.05) is 5.32 Å².